The zero-order chi connectivity index (χ0) is 19.6. The molecule has 1 aromatic rings. The second kappa shape index (κ2) is 11.2. The molecule has 0 radical (unpaired) electrons. The number of nitrogens with one attached hydrogen (secondary N) is 2. The van der Waals surface area contributed by atoms with Crippen molar-refractivity contribution in [3.05, 3.63) is 35.9 Å². The Labute approximate surface area is 168 Å². The fourth-order valence-electron chi connectivity index (χ4n) is 4.29. The first kappa shape index (κ1) is 20.8. The van der Waals surface area contributed by atoms with E-state index in [0.717, 1.165) is 44.1 Å². The van der Waals surface area contributed by atoms with E-state index in [0.29, 0.717) is 6.54 Å². The molecule has 1 aliphatic heterocycles. The van der Waals surface area contributed by atoms with E-state index in [1.54, 1.807) is 0 Å². The molecule has 0 spiro atoms. The van der Waals surface area contributed by atoms with Crippen LogP contribution in [0.3, 0.4) is 0 Å². The van der Waals surface area contributed by atoms with E-state index < -0.39 is 6.03 Å². The van der Waals surface area contributed by atoms with E-state index in [9.17, 15) is 9.59 Å². The number of rotatable bonds is 6. The van der Waals surface area contributed by atoms with Gasteiger partial charge >= 0.3 is 6.03 Å². The lowest BCUT2D eigenvalue weighted by molar-refractivity contribution is -0.121. The summed E-state index contributed by atoms with van der Waals surface area (Å²) in [7, 11) is 0. The van der Waals surface area contributed by atoms with Crippen LogP contribution in [-0.2, 0) is 11.3 Å². The Bertz CT molecular complexity index is 616. The van der Waals surface area contributed by atoms with Crippen molar-refractivity contribution in [2.75, 3.05) is 39.3 Å². The first-order valence-corrected chi connectivity index (χ1v) is 10.8. The van der Waals surface area contributed by atoms with Crippen LogP contribution in [0.4, 0.5) is 4.79 Å². The fourth-order valence-corrected chi connectivity index (χ4v) is 4.29. The van der Waals surface area contributed by atoms with Gasteiger partial charge in [0.1, 0.15) is 0 Å². The molecule has 1 saturated heterocycles. The number of amides is 3. The lowest BCUT2D eigenvalue weighted by Crippen LogP contribution is -2.45. The molecular weight excluding hydrogens is 352 g/mol. The van der Waals surface area contributed by atoms with Crippen LogP contribution in [0.25, 0.3) is 0 Å². The number of imide groups is 1. The predicted molar refractivity (Wildman–Crippen MR) is 111 cm³/mol. The molecule has 1 heterocycles. The molecule has 0 atom stereocenters. The maximum atomic E-state index is 12.2. The SMILES string of the molecule is O=C(CN1CCCN(CC2CCCCC2)CC1)NC(=O)NCc1ccccc1. The molecule has 1 saturated carbocycles. The van der Waals surface area contributed by atoms with Crippen LogP contribution in [0.15, 0.2) is 30.3 Å². The number of benzene rings is 1. The highest BCUT2D eigenvalue weighted by molar-refractivity contribution is 5.95. The van der Waals surface area contributed by atoms with Crippen molar-refractivity contribution in [1.29, 1.82) is 0 Å². The third kappa shape index (κ3) is 7.24. The number of hydrogen-bond donors (Lipinski definition) is 2. The number of urea groups is 1. The topological polar surface area (TPSA) is 64.7 Å². The molecule has 6 heteroatoms. The average molecular weight is 387 g/mol. The fraction of sp³-hybridized carbons (Fsp3) is 0.636. The quantitative estimate of drug-likeness (QED) is 0.789. The molecule has 2 aliphatic rings. The number of carbonyl (C=O) groups is 2. The van der Waals surface area contributed by atoms with Crippen molar-refractivity contribution in [2.24, 2.45) is 5.92 Å². The first-order chi connectivity index (χ1) is 13.7. The van der Waals surface area contributed by atoms with E-state index in [4.69, 9.17) is 0 Å². The van der Waals surface area contributed by atoms with Crippen LogP contribution >= 0.6 is 0 Å². The normalized spacial score (nSPS) is 19.7. The highest BCUT2D eigenvalue weighted by Crippen LogP contribution is 2.24. The second-order valence-corrected chi connectivity index (χ2v) is 8.15. The van der Waals surface area contributed by atoms with Crippen molar-refractivity contribution < 1.29 is 9.59 Å². The highest BCUT2D eigenvalue weighted by Gasteiger charge is 2.21. The van der Waals surface area contributed by atoms with Crippen LogP contribution in [0, 0.1) is 5.92 Å². The van der Waals surface area contributed by atoms with Crippen molar-refractivity contribution in [3.8, 4) is 0 Å². The van der Waals surface area contributed by atoms with Gasteiger partial charge in [0.05, 0.1) is 6.54 Å². The largest absolute Gasteiger partial charge is 0.334 e. The minimum absolute atomic E-state index is 0.230. The summed E-state index contributed by atoms with van der Waals surface area (Å²) in [5.74, 6) is 0.628. The van der Waals surface area contributed by atoms with Crippen LogP contribution in [-0.4, -0.2) is 61.0 Å². The Balaban J connectivity index is 1.34. The van der Waals surface area contributed by atoms with Crippen LogP contribution in [0.2, 0.25) is 0 Å². The summed E-state index contributed by atoms with van der Waals surface area (Å²) in [5.41, 5.74) is 1.01. The first-order valence-electron chi connectivity index (χ1n) is 10.8. The van der Waals surface area contributed by atoms with Crippen LogP contribution in [0.5, 0.6) is 0 Å². The van der Waals surface area contributed by atoms with Gasteiger partial charge in [0, 0.05) is 26.2 Å². The predicted octanol–water partition coefficient (Wildman–Crippen LogP) is 2.60. The smallest absolute Gasteiger partial charge is 0.321 e. The number of nitrogens with zero attached hydrogens (tertiary/aromatic N) is 2. The van der Waals surface area contributed by atoms with E-state index in [-0.39, 0.29) is 12.5 Å². The van der Waals surface area contributed by atoms with Gasteiger partial charge in [-0.3, -0.25) is 15.0 Å². The molecule has 28 heavy (non-hydrogen) atoms. The molecule has 3 amide bonds. The van der Waals surface area contributed by atoms with Gasteiger partial charge in [0.15, 0.2) is 0 Å². The molecule has 1 aromatic carbocycles. The summed E-state index contributed by atoms with van der Waals surface area (Å²) >= 11 is 0. The molecule has 0 aromatic heterocycles. The number of carbonyl (C=O) groups excluding carboxylic acids is 2. The van der Waals surface area contributed by atoms with E-state index in [2.05, 4.69) is 20.4 Å². The standard InChI is InChI=1S/C22H34N4O2/c27-21(24-22(28)23-16-19-8-3-1-4-9-19)18-26-13-7-12-25(14-15-26)17-20-10-5-2-6-11-20/h1,3-4,8-9,20H,2,5-7,10-18H2,(H2,23,24,27,28). The summed E-state index contributed by atoms with van der Waals surface area (Å²) in [4.78, 5) is 28.9. The Kier molecular flexibility index (Phi) is 8.30. The molecule has 2 N–H and O–H groups in total. The Morgan fingerprint density at radius 2 is 1.61 bits per heavy atom. The minimum atomic E-state index is -0.428. The molecule has 154 valence electrons. The van der Waals surface area contributed by atoms with Gasteiger partial charge in [0.25, 0.3) is 0 Å². The maximum absolute atomic E-state index is 12.2. The van der Waals surface area contributed by atoms with Gasteiger partial charge in [-0.25, -0.2) is 4.79 Å². The van der Waals surface area contributed by atoms with Gasteiger partial charge in [0.2, 0.25) is 5.91 Å². The van der Waals surface area contributed by atoms with Gasteiger partial charge in [-0.2, -0.15) is 0 Å². The summed E-state index contributed by atoms with van der Waals surface area (Å²) in [6.45, 7) is 5.86. The maximum Gasteiger partial charge on any atom is 0.321 e. The third-order valence-electron chi connectivity index (χ3n) is 5.84. The van der Waals surface area contributed by atoms with E-state index in [1.165, 1.54) is 38.6 Å². The summed E-state index contributed by atoms with van der Waals surface area (Å²) in [5, 5.41) is 5.18. The third-order valence-corrected chi connectivity index (χ3v) is 5.84. The molecule has 6 nitrogen and oxygen atoms in total. The molecule has 3 rings (SSSR count). The van der Waals surface area contributed by atoms with Crippen LogP contribution < -0.4 is 10.6 Å². The Hall–Kier alpha value is -1.92. The van der Waals surface area contributed by atoms with Crippen molar-refractivity contribution in [2.45, 2.75) is 45.1 Å². The summed E-state index contributed by atoms with van der Waals surface area (Å²) in [6, 6.07) is 9.25. The molecule has 0 unspecified atom stereocenters. The van der Waals surface area contributed by atoms with Crippen molar-refractivity contribution in [1.82, 2.24) is 20.4 Å². The summed E-state index contributed by atoms with van der Waals surface area (Å²) in [6.07, 6.45) is 8.01. The van der Waals surface area contributed by atoms with Gasteiger partial charge in [-0.15, -0.1) is 0 Å². The molecule has 2 fully saturated rings. The van der Waals surface area contributed by atoms with E-state index in [1.807, 2.05) is 30.3 Å². The van der Waals surface area contributed by atoms with Gasteiger partial charge in [-0.05, 0) is 43.8 Å². The number of hydrogen-bond acceptors (Lipinski definition) is 4. The zero-order valence-electron chi connectivity index (χ0n) is 16.9. The highest BCUT2D eigenvalue weighted by atomic mass is 16.2. The van der Waals surface area contributed by atoms with Crippen molar-refractivity contribution in [3.63, 3.8) is 0 Å². The molecular formula is C22H34N4O2. The Morgan fingerprint density at radius 1 is 0.893 bits per heavy atom. The minimum Gasteiger partial charge on any atom is -0.334 e. The second-order valence-electron chi connectivity index (χ2n) is 8.15. The van der Waals surface area contributed by atoms with E-state index >= 15 is 0 Å². The van der Waals surface area contributed by atoms with Gasteiger partial charge < -0.3 is 10.2 Å². The lowest BCUT2D eigenvalue weighted by atomic mass is 9.89. The monoisotopic (exact) mass is 386 g/mol. The molecule has 1 aliphatic carbocycles. The van der Waals surface area contributed by atoms with Crippen LogP contribution in [0.1, 0.15) is 44.1 Å². The summed E-state index contributed by atoms with van der Waals surface area (Å²) < 4.78 is 0. The Morgan fingerprint density at radius 3 is 2.39 bits per heavy atom. The van der Waals surface area contributed by atoms with Crippen molar-refractivity contribution >= 4 is 11.9 Å². The van der Waals surface area contributed by atoms with Gasteiger partial charge in [-0.1, -0.05) is 49.6 Å². The lowest BCUT2D eigenvalue weighted by Gasteiger charge is -2.28. The molecule has 0 bridgehead atoms. The zero-order valence-corrected chi connectivity index (χ0v) is 16.9. The average Bonchev–Trinajstić information content (AvgIpc) is 2.93.